The molecule has 0 spiro atoms. The van der Waals surface area contributed by atoms with Crippen molar-refractivity contribution in [1.82, 2.24) is 10.6 Å². The minimum Gasteiger partial charge on any atom is -0.396 e. The normalized spacial score (nSPS) is 13.5. The Morgan fingerprint density at radius 3 is 2.31 bits per heavy atom. The van der Waals surface area contributed by atoms with Crippen molar-refractivity contribution in [1.29, 1.82) is 0 Å². The number of hydrogen-bond acceptors (Lipinski definition) is 4. The molecule has 0 aliphatic carbocycles. The lowest BCUT2D eigenvalue weighted by molar-refractivity contribution is 0.251. The minimum atomic E-state index is -3.01. The van der Waals surface area contributed by atoms with Gasteiger partial charge < -0.3 is 15.7 Å². The first-order chi connectivity index (χ1) is 12.4. The topological polar surface area (TPSA) is 90.8 Å². The number of nitrogens with zero attached hydrogens (tertiary/aromatic N) is 1. The van der Waals surface area contributed by atoms with Crippen LogP contribution in [0.5, 0.6) is 0 Å². The molecule has 0 heterocycles. The fourth-order valence-electron chi connectivity index (χ4n) is 2.74. The molecule has 1 rings (SSSR count). The summed E-state index contributed by atoms with van der Waals surface area (Å²) < 4.78 is 22.7. The summed E-state index contributed by atoms with van der Waals surface area (Å²) in [6, 6.07) is 7.51. The lowest BCUT2D eigenvalue weighted by atomic mass is 10.0. The quantitative estimate of drug-likeness (QED) is 0.402. The highest BCUT2D eigenvalue weighted by Gasteiger charge is 2.08. The van der Waals surface area contributed by atoms with Gasteiger partial charge >= 0.3 is 0 Å². The second kappa shape index (κ2) is 11.9. The summed E-state index contributed by atoms with van der Waals surface area (Å²) in [6.07, 6.45) is 4.21. The first-order valence-corrected chi connectivity index (χ1v) is 11.3. The van der Waals surface area contributed by atoms with E-state index in [1.165, 1.54) is 6.26 Å². The van der Waals surface area contributed by atoms with Crippen LogP contribution < -0.4 is 10.6 Å². The fraction of sp³-hybridized carbons (Fsp3) is 0.632. The molecular weight excluding hydrogens is 350 g/mol. The number of sulfone groups is 1. The number of aliphatic imine (C=N–C) groups is 1. The molecule has 1 atom stereocenters. The molecule has 0 aliphatic rings. The van der Waals surface area contributed by atoms with E-state index >= 15 is 0 Å². The van der Waals surface area contributed by atoms with Crippen LogP contribution in [0, 0.1) is 5.92 Å². The summed E-state index contributed by atoms with van der Waals surface area (Å²) in [7, 11) is -3.01. The smallest absolute Gasteiger partial charge is 0.191 e. The van der Waals surface area contributed by atoms with Crippen LogP contribution in [-0.2, 0) is 22.1 Å². The molecule has 6 nitrogen and oxygen atoms in total. The zero-order valence-electron chi connectivity index (χ0n) is 16.2. The highest BCUT2D eigenvalue weighted by atomic mass is 32.2. The van der Waals surface area contributed by atoms with E-state index < -0.39 is 9.84 Å². The fourth-order valence-corrected chi connectivity index (χ4v) is 3.53. The summed E-state index contributed by atoms with van der Waals surface area (Å²) in [5.74, 6) is 1.25. The summed E-state index contributed by atoms with van der Waals surface area (Å²) in [5.41, 5.74) is 1.82. The summed E-state index contributed by atoms with van der Waals surface area (Å²) in [6.45, 7) is 6.46. The Bertz CT molecular complexity index is 636. The lowest BCUT2D eigenvalue weighted by Gasteiger charge is -2.18. The summed E-state index contributed by atoms with van der Waals surface area (Å²) in [5, 5.41) is 15.7. The Morgan fingerprint density at radius 2 is 1.77 bits per heavy atom. The number of aliphatic hydroxyl groups excluding tert-OH is 1. The number of nitrogens with one attached hydrogen (secondary N) is 2. The number of benzene rings is 1. The molecule has 1 unspecified atom stereocenters. The second-order valence-electron chi connectivity index (χ2n) is 6.63. The third-order valence-electron chi connectivity index (χ3n) is 4.01. The Morgan fingerprint density at radius 1 is 1.12 bits per heavy atom. The minimum absolute atomic E-state index is 0.0599. The van der Waals surface area contributed by atoms with Crippen LogP contribution in [0.2, 0.25) is 0 Å². The molecule has 0 aliphatic heterocycles. The second-order valence-corrected chi connectivity index (χ2v) is 8.77. The van der Waals surface area contributed by atoms with Gasteiger partial charge in [-0.3, -0.25) is 0 Å². The van der Waals surface area contributed by atoms with Crippen molar-refractivity contribution in [3.05, 3.63) is 35.4 Å². The van der Waals surface area contributed by atoms with E-state index in [0.717, 1.165) is 49.4 Å². The van der Waals surface area contributed by atoms with Crippen molar-refractivity contribution in [2.24, 2.45) is 10.9 Å². The standard InChI is InChI=1S/C19H33N3O3S/c1-4-6-16(11-12-23)13-21-19(20-5-2)22-14-17-7-9-18(10-8-17)15-26(3,24)25/h7-10,16,23H,4-6,11-15H2,1-3H3,(H2,20,21,22). The molecule has 3 N–H and O–H groups in total. The zero-order chi connectivity index (χ0) is 19.4. The van der Waals surface area contributed by atoms with Gasteiger partial charge in [0.25, 0.3) is 0 Å². The van der Waals surface area contributed by atoms with Gasteiger partial charge in [0.05, 0.1) is 12.3 Å². The van der Waals surface area contributed by atoms with E-state index in [-0.39, 0.29) is 12.4 Å². The van der Waals surface area contributed by atoms with Crippen molar-refractivity contribution in [2.75, 3.05) is 26.0 Å². The number of aliphatic hydroxyl groups is 1. The molecule has 7 heteroatoms. The molecule has 1 aromatic carbocycles. The van der Waals surface area contributed by atoms with Crippen molar-refractivity contribution < 1.29 is 13.5 Å². The first-order valence-electron chi connectivity index (χ1n) is 9.26. The Labute approximate surface area is 158 Å². The maximum Gasteiger partial charge on any atom is 0.191 e. The molecule has 0 saturated heterocycles. The van der Waals surface area contributed by atoms with Gasteiger partial charge in [0, 0.05) is 26.0 Å². The van der Waals surface area contributed by atoms with Crippen molar-refractivity contribution in [3.63, 3.8) is 0 Å². The molecule has 26 heavy (non-hydrogen) atoms. The van der Waals surface area contributed by atoms with E-state index in [2.05, 4.69) is 22.5 Å². The highest BCUT2D eigenvalue weighted by molar-refractivity contribution is 7.89. The highest BCUT2D eigenvalue weighted by Crippen LogP contribution is 2.10. The van der Waals surface area contributed by atoms with Crippen molar-refractivity contribution >= 4 is 15.8 Å². The molecule has 1 aromatic rings. The van der Waals surface area contributed by atoms with Gasteiger partial charge in [-0.2, -0.15) is 0 Å². The predicted octanol–water partition coefficient (Wildman–Crippen LogP) is 2.08. The van der Waals surface area contributed by atoms with Gasteiger partial charge in [0.15, 0.2) is 15.8 Å². The summed E-state index contributed by atoms with van der Waals surface area (Å²) in [4.78, 5) is 4.59. The third kappa shape index (κ3) is 9.77. The predicted molar refractivity (Wildman–Crippen MR) is 108 cm³/mol. The van der Waals surface area contributed by atoms with Crippen molar-refractivity contribution in [3.8, 4) is 0 Å². The van der Waals surface area contributed by atoms with Gasteiger partial charge in [0.1, 0.15) is 0 Å². The SMILES string of the molecule is CCCC(CCO)CNC(=NCc1ccc(CS(C)(=O)=O)cc1)NCC. The molecule has 0 fully saturated rings. The molecule has 148 valence electrons. The van der Waals surface area contributed by atoms with Crippen LogP contribution in [0.3, 0.4) is 0 Å². The van der Waals surface area contributed by atoms with E-state index in [1.54, 1.807) is 0 Å². The number of guanidine groups is 1. The Hall–Kier alpha value is -1.60. The van der Waals surface area contributed by atoms with Crippen LogP contribution >= 0.6 is 0 Å². The number of rotatable bonds is 11. The number of hydrogen-bond donors (Lipinski definition) is 3. The van der Waals surface area contributed by atoms with Gasteiger partial charge in [-0.25, -0.2) is 13.4 Å². The monoisotopic (exact) mass is 383 g/mol. The van der Waals surface area contributed by atoms with Gasteiger partial charge in [0.2, 0.25) is 0 Å². The zero-order valence-corrected chi connectivity index (χ0v) is 17.0. The van der Waals surface area contributed by atoms with Crippen LogP contribution in [0.4, 0.5) is 0 Å². The van der Waals surface area contributed by atoms with E-state index in [1.807, 2.05) is 31.2 Å². The molecule has 0 aromatic heterocycles. The van der Waals surface area contributed by atoms with Gasteiger partial charge in [-0.15, -0.1) is 0 Å². The van der Waals surface area contributed by atoms with Crippen molar-refractivity contribution in [2.45, 2.75) is 45.4 Å². The maximum atomic E-state index is 11.3. The van der Waals surface area contributed by atoms with E-state index in [4.69, 9.17) is 5.11 Å². The Kier molecular flexibility index (Phi) is 10.3. The average molecular weight is 384 g/mol. The maximum absolute atomic E-state index is 11.3. The van der Waals surface area contributed by atoms with Crippen LogP contribution in [0.25, 0.3) is 0 Å². The van der Waals surface area contributed by atoms with Crippen LogP contribution in [0.15, 0.2) is 29.3 Å². The molecule has 0 saturated carbocycles. The molecule has 0 bridgehead atoms. The van der Waals surface area contributed by atoms with E-state index in [0.29, 0.717) is 12.5 Å². The van der Waals surface area contributed by atoms with Crippen LogP contribution in [0.1, 0.15) is 44.2 Å². The third-order valence-corrected chi connectivity index (χ3v) is 4.87. The molecular formula is C19H33N3O3S. The molecule has 0 amide bonds. The summed E-state index contributed by atoms with van der Waals surface area (Å²) >= 11 is 0. The first kappa shape index (κ1) is 22.4. The lowest BCUT2D eigenvalue weighted by Crippen LogP contribution is -2.40. The van der Waals surface area contributed by atoms with Gasteiger partial charge in [-0.05, 0) is 36.8 Å². The average Bonchev–Trinajstić information content (AvgIpc) is 2.57. The largest absolute Gasteiger partial charge is 0.396 e. The molecule has 0 radical (unpaired) electrons. The van der Waals surface area contributed by atoms with E-state index in [9.17, 15) is 8.42 Å². The Balaban J connectivity index is 2.64. The van der Waals surface area contributed by atoms with Gasteiger partial charge in [-0.1, -0.05) is 37.6 Å². The van der Waals surface area contributed by atoms with Crippen LogP contribution in [-0.4, -0.2) is 45.4 Å².